The van der Waals surface area contributed by atoms with Crippen LogP contribution in [0.1, 0.15) is 29.6 Å². The van der Waals surface area contributed by atoms with Crippen molar-refractivity contribution in [1.82, 2.24) is 9.80 Å². The number of nitrogens with two attached hydrogens (primary N) is 1. The van der Waals surface area contributed by atoms with Crippen molar-refractivity contribution < 1.29 is 14.3 Å². The number of methoxy groups -OCH3 is 1. The maximum atomic E-state index is 13.1. The van der Waals surface area contributed by atoms with Crippen LogP contribution in [0.5, 0.6) is 11.5 Å². The largest absolute Gasteiger partial charge is 0.493 e. The zero-order valence-corrected chi connectivity index (χ0v) is 14.4. The van der Waals surface area contributed by atoms with Crippen molar-refractivity contribution in [2.45, 2.75) is 25.3 Å². The van der Waals surface area contributed by atoms with E-state index in [-0.39, 0.29) is 5.91 Å². The van der Waals surface area contributed by atoms with Gasteiger partial charge >= 0.3 is 0 Å². The Labute approximate surface area is 143 Å². The summed E-state index contributed by atoms with van der Waals surface area (Å²) in [6.45, 7) is 4.74. The normalized spacial score (nSPS) is 20.8. The number of ether oxygens (including phenoxy) is 2. The summed E-state index contributed by atoms with van der Waals surface area (Å²) in [5, 5.41) is 0. The lowest BCUT2D eigenvalue weighted by atomic mass is 10.1. The van der Waals surface area contributed by atoms with E-state index in [1.54, 1.807) is 7.11 Å². The van der Waals surface area contributed by atoms with Crippen LogP contribution >= 0.6 is 0 Å². The van der Waals surface area contributed by atoms with Gasteiger partial charge in [-0.2, -0.15) is 0 Å². The fourth-order valence-corrected chi connectivity index (χ4v) is 3.60. The van der Waals surface area contributed by atoms with E-state index >= 15 is 0 Å². The van der Waals surface area contributed by atoms with E-state index in [9.17, 15) is 4.79 Å². The lowest BCUT2D eigenvalue weighted by molar-refractivity contribution is 0.0566. The first-order valence-corrected chi connectivity index (χ1v) is 8.77. The van der Waals surface area contributed by atoms with Gasteiger partial charge in [0, 0.05) is 25.7 Å². The van der Waals surface area contributed by atoms with E-state index in [1.807, 2.05) is 23.1 Å². The summed E-state index contributed by atoms with van der Waals surface area (Å²) < 4.78 is 11.2. The molecule has 0 bridgehead atoms. The molecule has 2 aliphatic rings. The SMILES string of the molecule is COc1cccc(C(=O)N2CCN3CCC[C@H]3C2)c1OCCCN. The Balaban J connectivity index is 1.78. The van der Waals surface area contributed by atoms with Gasteiger partial charge in [-0.25, -0.2) is 0 Å². The fourth-order valence-electron chi connectivity index (χ4n) is 3.60. The number of hydrogen-bond acceptors (Lipinski definition) is 5. The number of hydrogen-bond donors (Lipinski definition) is 1. The lowest BCUT2D eigenvalue weighted by Gasteiger charge is -2.37. The molecule has 3 rings (SSSR count). The second-order valence-electron chi connectivity index (χ2n) is 6.41. The third-order valence-electron chi connectivity index (χ3n) is 4.90. The molecule has 2 heterocycles. The van der Waals surface area contributed by atoms with Gasteiger partial charge in [0.15, 0.2) is 11.5 Å². The number of para-hydroxylation sites is 1. The molecule has 2 fully saturated rings. The van der Waals surface area contributed by atoms with Crippen LogP contribution in [-0.2, 0) is 0 Å². The third-order valence-corrected chi connectivity index (χ3v) is 4.90. The number of carbonyl (C=O) groups is 1. The van der Waals surface area contributed by atoms with Gasteiger partial charge < -0.3 is 20.1 Å². The smallest absolute Gasteiger partial charge is 0.257 e. The highest BCUT2D eigenvalue weighted by molar-refractivity contribution is 5.98. The minimum Gasteiger partial charge on any atom is -0.493 e. The van der Waals surface area contributed by atoms with Gasteiger partial charge in [-0.15, -0.1) is 0 Å². The number of nitrogens with zero attached hydrogens (tertiary/aromatic N) is 2. The molecule has 6 nitrogen and oxygen atoms in total. The monoisotopic (exact) mass is 333 g/mol. The van der Waals surface area contributed by atoms with Crippen LogP contribution in [0.15, 0.2) is 18.2 Å². The van der Waals surface area contributed by atoms with Crippen molar-refractivity contribution in [3.63, 3.8) is 0 Å². The second-order valence-corrected chi connectivity index (χ2v) is 6.41. The first-order valence-electron chi connectivity index (χ1n) is 8.77. The zero-order valence-electron chi connectivity index (χ0n) is 14.4. The van der Waals surface area contributed by atoms with E-state index in [2.05, 4.69) is 4.90 Å². The number of piperazine rings is 1. The van der Waals surface area contributed by atoms with Crippen LogP contribution in [0.25, 0.3) is 0 Å². The maximum absolute atomic E-state index is 13.1. The molecular weight excluding hydrogens is 306 g/mol. The first kappa shape index (κ1) is 17.0. The van der Waals surface area contributed by atoms with Gasteiger partial charge in [-0.3, -0.25) is 9.69 Å². The summed E-state index contributed by atoms with van der Waals surface area (Å²) in [7, 11) is 1.59. The molecule has 0 unspecified atom stereocenters. The molecule has 0 spiro atoms. The Hall–Kier alpha value is -1.79. The predicted molar refractivity (Wildman–Crippen MR) is 92.7 cm³/mol. The van der Waals surface area contributed by atoms with Gasteiger partial charge in [-0.1, -0.05) is 6.07 Å². The molecule has 1 aromatic carbocycles. The fraction of sp³-hybridized carbons (Fsp3) is 0.611. The molecule has 2 aliphatic heterocycles. The van der Waals surface area contributed by atoms with Gasteiger partial charge in [0.1, 0.15) is 0 Å². The molecule has 0 saturated carbocycles. The minimum absolute atomic E-state index is 0.0307. The van der Waals surface area contributed by atoms with E-state index in [1.165, 1.54) is 19.4 Å². The van der Waals surface area contributed by atoms with E-state index in [0.29, 0.717) is 36.3 Å². The van der Waals surface area contributed by atoms with E-state index in [4.69, 9.17) is 15.2 Å². The highest BCUT2D eigenvalue weighted by Crippen LogP contribution is 2.33. The van der Waals surface area contributed by atoms with Crippen molar-refractivity contribution >= 4 is 5.91 Å². The predicted octanol–water partition coefficient (Wildman–Crippen LogP) is 1.34. The number of amides is 1. The van der Waals surface area contributed by atoms with Gasteiger partial charge in [0.05, 0.1) is 19.3 Å². The number of fused-ring (bicyclic) bond motifs is 1. The van der Waals surface area contributed by atoms with E-state index in [0.717, 1.165) is 26.1 Å². The molecule has 1 aromatic rings. The summed E-state index contributed by atoms with van der Waals surface area (Å²) in [5.41, 5.74) is 6.12. The third kappa shape index (κ3) is 3.49. The molecule has 24 heavy (non-hydrogen) atoms. The highest BCUT2D eigenvalue weighted by Gasteiger charge is 2.33. The molecule has 0 aromatic heterocycles. The molecule has 2 N–H and O–H groups in total. The molecule has 1 atom stereocenters. The minimum atomic E-state index is 0.0307. The summed E-state index contributed by atoms with van der Waals surface area (Å²) in [4.78, 5) is 17.5. The molecule has 2 saturated heterocycles. The van der Waals surface area contributed by atoms with E-state index < -0.39 is 0 Å². The highest BCUT2D eigenvalue weighted by atomic mass is 16.5. The van der Waals surface area contributed by atoms with Crippen LogP contribution < -0.4 is 15.2 Å². The van der Waals surface area contributed by atoms with Crippen LogP contribution in [0, 0.1) is 0 Å². The van der Waals surface area contributed by atoms with Crippen LogP contribution in [0.3, 0.4) is 0 Å². The van der Waals surface area contributed by atoms with Crippen molar-refractivity contribution in [3.05, 3.63) is 23.8 Å². The van der Waals surface area contributed by atoms with Gasteiger partial charge in [0.2, 0.25) is 0 Å². The van der Waals surface area contributed by atoms with Crippen LogP contribution in [0.2, 0.25) is 0 Å². The molecule has 0 radical (unpaired) electrons. The Morgan fingerprint density at radius 1 is 1.33 bits per heavy atom. The topological polar surface area (TPSA) is 68.0 Å². The second kappa shape index (κ2) is 7.85. The van der Waals surface area contributed by atoms with Crippen molar-refractivity contribution in [2.24, 2.45) is 5.73 Å². The quantitative estimate of drug-likeness (QED) is 0.796. The number of benzene rings is 1. The number of rotatable bonds is 6. The molecule has 132 valence electrons. The Kier molecular flexibility index (Phi) is 5.58. The van der Waals surface area contributed by atoms with Crippen molar-refractivity contribution in [3.8, 4) is 11.5 Å². The first-order chi connectivity index (χ1) is 11.7. The Morgan fingerprint density at radius 3 is 3.00 bits per heavy atom. The summed E-state index contributed by atoms with van der Waals surface area (Å²) in [5.74, 6) is 1.16. The summed E-state index contributed by atoms with van der Waals surface area (Å²) in [6.07, 6.45) is 3.16. The van der Waals surface area contributed by atoms with Crippen molar-refractivity contribution in [1.29, 1.82) is 0 Å². The Morgan fingerprint density at radius 2 is 2.21 bits per heavy atom. The zero-order chi connectivity index (χ0) is 16.9. The molecule has 6 heteroatoms. The number of carbonyl (C=O) groups excluding carboxylic acids is 1. The van der Waals surface area contributed by atoms with Gasteiger partial charge in [0.25, 0.3) is 5.91 Å². The standard InChI is InChI=1S/C18H27N3O3/c1-23-16-7-2-6-15(17(16)24-12-4-8-19)18(22)21-11-10-20-9-3-5-14(20)13-21/h2,6-7,14H,3-5,8-13,19H2,1H3/t14-/m0/s1. The summed E-state index contributed by atoms with van der Waals surface area (Å²) in [6, 6.07) is 6.00. The van der Waals surface area contributed by atoms with Crippen molar-refractivity contribution in [2.75, 3.05) is 46.4 Å². The molecular formula is C18H27N3O3. The van der Waals surface area contributed by atoms with Crippen LogP contribution in [-0.4, -0.2) is 68.2 Å². The Bertz CT molecular complexity index is 579. The molecule has 1 amide bonds. The molecule has 0 aliphatic carbocycles. The lowest BCUT2D eigenvalue weighted by Crippen LogP contribution is -2.52. The summed E-state index contributed by atoms with van der Waals surface area (Å²) >= 11 is 0. The average molecular weight is 333 g/mol. The van der Waals surface area contributed by atoms with Crippen LogP contribution in [0.4, 0.5) is 0 Å². The average Bonchev–Trinajstić information content (AvgIpc) is 3.09. The van der Waals surface area contributed by atoms with Gasteiger partial charge in [-0.05, 0) is 44.5 Å². The maximum Gasteiger partial charge on any atom is 0.257 e.